The predicted octanol–water partition coefficient (Wildman–Crippen LogP) is 5.44. The van der Waals surface area contributed by atoms with Gasteiger partial charge >= 0.3 is 0 Å². The number of benzene rings is 3. The molecule has 0 spiro atoms. The average molecular weight is 526 g/mol. The molecule has 0 bridgehead atoms. The first-order valence-electron chi connectivity index (χ1n) is 8.81. The number of fused-ring (bicyclic) bond motifs is 3. The topological polar surface area (TPSA) is 82.2 Å². The summed E-state index contributed by atoms with van der Waals surface area (Å²) in [4.78, 5) is 11.8. The van der Waals surface area contributed by atoms with Gasteiger partial charge in [0.2, 0.25) is 5.91 Å². The fraction of sp³-hybridized carbons (Fsp3) is 0.0952. The van der Waals surface area contributed by atoms with Crippen molar-refractivity contribution in [1.82, 2.24) is 3.97 Å². The first kappa shape index (κ1) is 21.2. The van der Waals surface area contributed by atoms with Crippen LogP contribution in [0.15, 0.2) is 57.9 Å². The number of carbonyl (C=O) groups is 1. The SMILES string of the molecule is Cc1ccc(S(=O)(=O)n2c3cc(Cl)c(Cl)cc3c3cc(Br)cc(CC(N)=O)c32)cc1. The molecule has 0 saturated carbocycles. The van der Waals surface area contributed by atoms with Crippen molar-refractivity contribution in [2.75, 3.05) is 0 Å². The van der Waals surface area contributed by atoms with Crippen LogP contribution in [0.5, 0.6) is 0 Å². The third kappa shape index (κ3) is 3.50. The van der Waals surface area contributed by atoms with Crippen LogP contribution in [-0.2, 0) is 21.2 Å². The van der Waals surface area contributed by atoms with E-state index in [1.54, 1.807) is 42.5 Å². The van der Waals surface area contributed by atoms with E-state index in [0.29, 0.717) is 36.9 Å². The highest BCUT2D eigenvalue weighted by Crippen LogP contribution is 2.39. The number of nitrogens with two attached hydrogens (primary N) is 1. The summed E-state index contributed by atoms with van der Waals surface area (Å²) in [6.07, 6.45) is -0.128. The Morgan fingerprint density at radius 1 is 1.03 bits per heavy atom. The lowest BCUT2D eigenvalue weighted by Gasteiger charge is -2.12. The van der Waals surface area contributed by atoms with Crippen molar-refractivity contribution < 1.29 is 13.2 Å². The maximum absolute atomic E-state index is 13.7. The molecule has 30 heavy (non-hydrogen) atoms. The maximum Gasteiger partial charge on any atom is 0.268 e. The van der Waals surface area contributed by atoms with Gasteiger partial charge < -0.3 is 5.73 Å². The van der Waals surface area contributed by atoms with Crippen LogP contribution in [0.2, 0.25) is 10.0 Å². The molecule has 0 aliphatic rings. The molecule has 4 rings (SSSR count). The molecule has 1 aromatic heterocycles. The largest absolute Gasteiger partial charge is 0.369 e. The fourth-order valence-corrected chi connectivity index (χ4v) is 5.91. The second-order valence-corrected chi connectivity index (χ2v) is 10.5. The summed E-state index contributed by atoms with van der Waals surface area (Å²) in [6, 6.07) is 13.2. The van der Waals surface area contributed by atoms with Crippen LogP contribution < -0.4 is 5.73 Å². The summed E-state index contributed by atoms with van der Waals surface area (Å²) in [6.45, 7) is 1.88. The highest BCUT2D eigenvalue weighted by Gasteiger charge is 2.26. The number of rotatable bonds is 4. The van der Waals surface area contributed by atoms with Gasteiger partial charge in [-0.05, 0) is 48.9 Å². The van der Waals surface area contributed by atoms with Crippen molar-refractivity contribution >= 4 is 76.9 Å². The van der Waals surface area contributed by atoms with Gasteiger partial charge in [-0.15, -0.1) is 0 Å². The van der Waals surface area contributed by atoms with Gasteiger partial charge in [0.05, 0.1) is 32.4 Å². The van der Waals surface area contributed by atoms with Gasteiger partial charge in [0.15, 0.2) is 0 Å². The molecule has 0 atom stereocenters. The minimum Gasteiger partial charge on any atom is -0.369 e. The van der Waals surface area contributed by atoms with Crippen molar-refractivity contribution in [2.24, 2.45) is 5.73 Å². The van der Waals surface area contributed by atoms with Crippen molar-refractivity contribution in [3.05, 3.63) is 74.2 Å². The quantitative estimate of drug-likeness (QED) is 0.385. The van der Waals surface area contributed by atoms with E-state index in [1.807, 2.05) is 6.92 Å². The van der Waals surface area contributed by atoms with Crippen molar-refractivity contribution in [3.8, 4) is 0 Å². The molecule has 4 aromatic rings. The minimum absolute atomic E-state index is 0.117. The van der Waals surface area contributed by atoms with E-state index < -0.39 is 15.9 Å². The zero-order valence-corrected chi connectivity index (χ0v) is 19.5. The van der Waals surface area contributed by atoms with Gasteiger partial charge in [0, 0.05) is 15.2 Å². The van der Waals surface area contributed by atoms with Crippen LogP contribution in [0, 0.1) is 6.92 Å². The summed E-state index contributed by atoms with van der Waals surface area (Å²) < 4.78 is 29.3. The van der Waals surface area contributed by atoms with Gasteiger partial charge in [-0.2, -0.15) is 0 Å². The van der Waals surface area contributed by atoms with Gasteiger partial charge in [-0.1, -0.05) is 56.8 Å². The molecule has 2 N–H and O–H groups in total. The van der Waals surface area contributed by atoms with E-state index in [1.165, 1.54) is 10.0 Å². The number of hydrogen-bond acceptors (Lipinski definition) is 3. The standard InChI is InChI=1S/C21H15BrCl2N2O3S/c1-11-2-4-14(5-3-11)30(28,29)26-19-10-18(24)17(23)9-15(19)16-8-13(22)6-12(21(16)26)7-20(25)27/h2-6,8-10H,7H2,1H3,(H2,25,27). The number of aromatic nitrogens is 1. The second-order valence-electron chi connectivity index (χ2n) is 6.97. The van der Waals surface area contributed by atoms with Crippen molar-refractivity contribution in [2.45, 2.75) is 18.2 Å². The molecule has 5 nitrogen and oxygen atoms in total. The maximum atomic E-state index is 13.7. The van der Waals surface area contributed by atoms with E-state index in [4.69, 9.17) is 28.9 Å². The number of hydrogen-bond donors (Lipinski definition) is 1. The smallest absolute Gasteiger partial charge is 0.268 e. The van der Waals surface area contributed by atoms with Crippen LogP contribution in [-0.4, -0.2) is 18.3 Å². The van der Waals surface area contributed by atoms with Crippen LogP contribution in [0.3, 0.4) is 0 Å². The van der Waals surface area contributed by atoms with Gasteiger partial charge in [-0.25, -0.2) is 12.4 Å². The van der Waals surface area contributed by atoms with Gasteiger partial charge in [-0.3, -0.25) is 4.79 Å². The van der Waals surface area contributed by atoms with E-state index in [-0.39, 0.29) is 16.3 Å². The zero-order valence-electron chi connectivity index (χ0n) is 15.6. The number of primary amides is 1. The predicted molar refractivity (Wildman–Crippen MR) is 124 cm³/mol. The molecule has 1 heterocycles. The molecule has 0 fully saturated rings. The molecule has 0 radical (unpaired) electrons. The van der Waals surface area contributed by atoms with Crippen LogP contribution in [0.1, 0.15) is 11.1 Å². The number of aryl methyl sites for hydroxylation is 1. The van der Waals surface area contributed by atoms with Gasteiger partial charge in [0.25, 0.3) is 10.0 Å². The van der Waals surface area contributed by atoms with Crippen molar-refractivity contribution in [1.29, 1.82) is 0 Å². The highest BCUT2D eigenvalue weighted by atomic mass is 79.9. The third-order valence-electron chi connectivity index (χ3n) is 4.83. The van der Waals surface area contributed by atoms with E-state index in [9.17, 15) is 13.2 Å². The Morgan fingerprint density at radius 3 is 2.30 bits per heavy atom. The Morgan fingerprint density at radius 2 is 1.67 bits per heavy atom. The first-order chi connectivity index (χ1) is 14.1. The van der Waals surface area contributed by atoms with E-state index in [2.05, 4.69) is 15.9 Å². The molecule has 0 aliphatic heterocycles. The van der Waals surface area contributed by atoms with Gasteiger partial charge in [0.1, 0.15) is 0 Å². The Balaban J connectivity index is 2.22. The monoisotopic (exact) mass is 524 g/mol. The molecular weight excluding hydrogens is 511 g/mol. The number of halogens is 3. The molecule has 0 aliphatic carbocycles. The van der Waals surface area contributed by atoms with Crippen molar-refractivity contribution in [3.63, 3.8) is 0 Å². The molecule has 154 valence electrons. The average Bonchev–Trinajstić information content (AvgIpc) is 2.96. The second kappa shape index (κ2) is 7.57. The summed E-state index contributed by atoms with van der Waals surface area (Å²) in [5, 5.41) is 1.74. The summed E-state index contributed by atoms with van der Waals surface area (Å²) in [5.74, 6) is -0.574. The summed E-state index contributed by atoms with van der Waals surface area (Å²) in [7, 11) is -4.02. The zero-order chi connectivity index (χ0) is 21.8. The van der Waals surface area contributed by atoms with Crippen LogP contribution in [0.4, 0.5) is 0 Å². The Hall–Kier alpha value is -2.06. The van der Waals surface area contributed by atoms with E-state index in [0.717, 1.165) is 5.56 Å². The molecule has 9 heteroatoms. The first-order valence-corrected chi connectivity index (χ1v) is 11.8. The summed E-state index contributed by atoms with van der Waals surface area (Å²) in [5.41, 5.74) is 7.58. The number of carbonyl (C=O) groups excluding carboxylic acids is 1. The fourth-order valence-electron chi connectivity index (χ4n) is 3.53. The molecule has 0 unspecified atom stereocenters. The number of nitrogens with zero attached hydrogens (tertiary/aromatic N) is 1. The van der Waals surface area contributed by atoms with E-state index >= 15 is 0 Å². The molecular formula is C21H15BrCl2N2O3S. The third-order valence-corrected chi connectivity index (χ3v) is 7.74. The molecule has 3 aromatic carbocycles. The summed E-state index contributed by atoms with van der Waals surface area (Å²) >= 11 is 15.9. The Kier molecular flexibility index (Phi) is 5.34. The van der Waals surface area contributed by atoms with Crippen LogP contribution in [0.25, 0.3) is 21.8 Å². The highest BCUT2D eigenvalue weighted by molar-refractivity contribution is 9.10. The normalized spacial score (nSPS) is 12.0. The van der Waals surface area contributed by atoms with Crippen LogP contribution >= 0.6 is 39.1 Å². The Bertz CT molecular complexity index is 1450. The lowest BCUT2D eigenvalue weighted by atomic mass is 10.1. The lowest BCUT2D eigenvalue weighted by Crippen LogP contribution is -2.17. The lowest BCUT2D eigenvalue weighted by molar-refractivity contribution is -0.117. The molecule has 1 amide bonds. The minimum atomic E-state index is -4.02. The number of amides is 1. The Labute approximate surface area is 191 Å². The molecule has 0 saturated heterocycles.